The summed E-state index contributed by atoms with van der Waals surface area (Å²) in [4.78, 5) is 40.4. The molecule has 6 nitrogen and oxygen atoms in total. The third kappa shape index (κ3) is 2.71. The molecule has 0 radical (unpaired) electrons. The summed E-state index contributed by atoms with van der Waals surface area (Å²) in [5, 5.41) is 8.93. The van der Waals surface area contributed by atoms with Crippen LogP contribution >= 0.6 is 15.9 Å². The van der Waals surface area contributed by atoms with Gasteiger partial charge in [0, 0.05) is 23.5 Å². The molecule has 7 heteroatoms. The molecule has 0 bridgehead atoms. The van der Waals surface area contributed by atoms with E-state index >= 15 is 0 Å². The molecule has 0 aliphatic carbocycles. The normalized spacial score (nSPS) is 19.2. The molecule has 2 heterocycles. The summed E-state index contributed by atoms with van der Waals surface area (Å²) in [5.74, 6) is -1.15. The lowest BCUT2D eigenvalue weighted by Gasteiger charge is -2.33. The van der Waals surface area contributed by atoms with Gasteiger partial charge >= 0.3 is 0 Å². The number of hydrogen-bond donors (Lipinski definition) is 0. The molecule has 1 saturated heterocycles. The number of rotatable bonds is 2. The number of carbonyl (C=O) groups excluding carboxylic acids is 3. The Kier molecular flexibility index (Phi) is 4.41. The van der Waals surface area contributed by atoms with Crippen LogP contribution < -0.4 is 0 Å². The fourth-order valence-electron chi connectivity index (χ4n) is 3.19. The van der Waals surface area contributed by atoms with Gasteiger partial charge in [0.25, 0.3) is 11.8 Å². The van der Waals surface area contributed by atoms with E-state index in [9.17, 15) is 14.4 Å². The van der Waals surface area contributed by atoms with Gasteiger partial charge in [0.15, 0.2) is 0 Å². The van der Waals surface area contributed by atoms with Crippen LogP contribution in [0.4, 0.5) is 0 Å². The summed E-state index contributed by atoms with van der Waals surface area (Å²) in [6, 6.07) is 6.26. The first-order valence-corrected chi connectivity index (χ1v) is 8.59. The number of hydrogen-bond acceptors (Lipinski definition) is 4. The number of fused-ring (bicyclic) bond motifs is 1. The molecule has 1 atom stereocenters. The third-order valence-corrected chi connectivity index (χ3v) is 5.11. The Morgan fingerprint density at radius 3 is 2.50 bits per heavy atom. The van der Waals surface area contributed by atoms with Crippen LogP contribution in [0.3, 0.4) is 0 Å². The molecule has 0 saturated carbocycles. The van der Waals surface area contributed by atoms with E-state index in [0.717, 1.165) is 4.90 Å². The van der Waals surface area contributed by atoms with Crippen LogP contribution in [0.15, 0.2) is 22.7 Å². The predicted molar refractivity (Wildman–Crippen MR) is 89.0 cm³/mol. The number of nitriles is 1. The standard InChI is InChI=1S/C17H16BrN3O3/c1-10(15(22)20-6-4-11(9-19)5-7-20)21-16(23)13-3-2-12(18)8-14(13)17(21)24/h2-3,8,10-11H,4-7H2,1H3. The van der Waals surface area contributed by atoms with Crippen molar-refractivity contribution >= 4 is 33.7 Å². The number of likely N-dealkylation sites (tertiary alicyclic amines) is 1. The van der Waals surface area contributed by atoms with E-state index in [-0.39, 0.29) is 11.8 Å². The van der Waals surface area contributed by atoms with Crippen LogP contribution in [0.5, 0.6) is 0 Å². The van der Waals surface area contributed by atoms with Gasteiger partial charge in [-0.1, -0.05) is 15.9 Å². The van der Waals surface area contributed by atoms with E-state index < -0.39 is 17.9 Å². The van der Waals surface area contributed by atoms with Crippen molar-refractivity contribution in [3.63, 3.8) is 0 Å². The quantitative estimate of drug-likeness (QED) is 0.725. The van der Waals surface area contributed by atoms with Crippen LogP contribution in [0.1, 0.15) is 40.5 Å². The van der Waals surface area contributed by atoms with Crippen LogP contribution in [0.25, 0.3) is 0 Å². The van der Waals surface area contributed by atoms with Crippen molar-refractivity contribution in [2.75, 3.05) is 13.1 Å². The van der Waals surface area contributed by atoms with Crippen molar-refractivity contribution in [2.45, 2.75) is 25.8 Å². The highest BCUT2D eigenvalue weighted by atomic mass is 79.9. The molecule has 1 aromatic carbocycles. The molecule has 1 fully saturated rings. The van der Waals surface area contributed by atoms with Gasteiger partial charge in [-0.15, -0.1) is 0 Å². The molecule has 0 N–H and O–H groups in total. The van der Waals surface area contributed by atoms with Gasteiger partial charge in [0.2, 0.25) is 5.91 Å². The second-order valence-corrected chi connectivity index (χ2v) is 6.99. The van der Waals surface area contributed by atoms with Crippen LogP contribution in [0, 0.1) is 17.2 Å². The van der Waals surface area contributed by atoms with Crippen molar-refractivity contribution in [2.24, 2.45) is 5.92 Å². The number of benzene rings is 1. The highest BCUT2D eigenvalue weighted by Crippen LogP contribution is 2.28. The van der Waals surface area contributed by atoms with E-state index in [0.29, 0.717) is 41.5 Å². The molecule has 1 aromatic rings. The zero-order valence-electron chi connectivity index (χ0n) is 13.2. The maximum absolute atomic E-state index is 12.7. The largest absolute Gasteiger partial charge is 0.341 e. The van der Waals surface area contributed by atoms with Crippen molar-refractivity contribution in [1.82, 2.24) is 9.80 Å². The van der Waals surface area contributed by atoms with E-state index in [1.165, 1.54) is 0 Å². The van der Waals surface area contributed by atoms with Crippen LogP contribution in [-0.4, -0.2) is 46.7 Å². The Balaban J connectivity index is 1.78. The number of halogens is 1. The van der Waals surface area contributed by atoms with E-state index in [1.807, 2.05) is 0 Å². The highest BCUT2D eigenvalue weighted by Gasteiger charge is 2.42. The van der Waals surface area contributed by atoms with Crippen molar-refractivity contribution in [3.8, 4) is 6.07 Å². The minimum atomic E-state index is -0.852. The maximum atomic E-state index is 12.7. The van der Waals surface area contributed by atoms with Crippen LogP contribution in [0.2, 0.25) is 0 Å². The molecule has 2 aliphatic rings. The van der Waals surface area contributed by atoms with Gasteiger partial charge in [0.1, 0.15) is 6.04 Å². The van der Waals surface area contributed by atoms with Gasteiger partial charge in [-0.25, -0.2) is 0 Å². The lowest BCUT2D eigenvalue weighted by atomic mass is 9.98. The lowest BCUT2D eigenvalue weighted by molar-refractivity contribution is -0.136. The number of piperidine rings is 1. The van der Waals surface area contributed by atoms with E-state index in [2.05, 4.69) is 22.0 Å². The van der Waals surface area contributed by atoms with E-state index in [1.54, 1.807) is 30.0 Å². The third-order valence-electron chi connectivity index (χ3n) is 4.61. The molecular formula is C17H16BrN3O3. The van der Waals surface area contributed by atoms with Gasteiger partial charge in [-0.3, -0.25) is 19.3 Å². The second kappa shape index (κ2) is 6.36. The molecule has 3 amide bonds. The first kappa shape index (κ1) is 16.7. The molecule has 1 unspecified atom stereocenters. The molecule has 0 aromatic heterocycles. The Morgan fingerprint density at radius 1 is 1.25 bits per heavy atom. The van der Waals surface area contributed by atoms with Crippen molar-refractivity contribution < 1.29 is 14.4 Å². The molecule has 3 rings (SSSR count). The number of carbonyl (C=O) groups is 3. The summed E-state index contributed by atoms with van der Waals surface area (Å²) in [5.41, 5.74) is 0.642. The summed E-state index contributed by atoms with van der Waals surface area (Å²) in [6.45, 7) is 2.54. The fraction of sp³-hybridized carbons (Fsp3) is 0.412. The number of imide groups is 1. The Labute approximate surface area is 148 Å². The first-order chi connectivity index (χ1) is 11.4. The number of amides is 3. The van der Waals surface area contributed by atoms with Gasteiger partial charge in [-0.2, -0.15) is 5.26 Å². The summed E-state index contributed by atoms with van der Waals surface area (Å²) >= 11 is 3.29. The SMILES string of the molecule is CC(C(=O)N1CCC(C#N)CC1)N1C(=O)c2ccc(Br)cc2C1=O. The molecular weight excluding hydrogens is 374 g/mol. The fourth-order valence-corrected chi connectivity index (χ4v) is 3.55. The lowest BCUT2D eigenvalue weighted by Crippen LogP contribution is -2.51. The summed E-state index contributed by atoms with van der Waals surface area (Å²) < 4.78 is 0.710. The molecule has 2 aliphatic heterocycles. The smallest absolute Gasteiger partial charge is 0.262 e. The zero-order chi connectivity index (χ0) is 17.4. The van der Waals surface area contributed by atoms with Crippen LogP contribution in [-0.2, 0) is 4.79 Å². The second-order valence-electron chi connectivity index (χ2n) is 6.07. The van der Waals surface area contributed by atoms with Gasteiger partial charge in [0.05, 0.1) is 17.2 Å². The van der Waals surface area contributed by atoms with Gasteiger partial charge in [-0.05, 0) is 38.0 Å². The summed E-state index contributed by atoms with van der Waals surface area (Å²) in [6.07, 6.45) is 1.26. The topological polar surface area (TPSA) is 81.5 Å². The Morgan fingerprint density at radius 2 is 1.88 bits per heavy atom. The van der Waals surface area contributed by atoms with Crippen molar-refractivity contribution in [1.29, 1.82) is 5.26 Å². The highest BCUT2D eigenvalue weighted by molar-refractivity contribution is 9.10. The predicted octanol–water partition coefficient (Wildman–Crippen LogP) is 2.20. The molecule has 24 heavy (non-hydrogen) atoms. The minimum Gasteiger partial charge on any atom is -0.341 e. The average molecular weight is 390 g/mol. The monoisotopic (exact) mass is 389 g/mol. The van der Waals surface area contributed by atoms with Crippen molar-refractivity contribution in [3.05, 3.63) is 33.8 Å². The Hall–Kier alpha value is -2.20. The summed E-state index contributed by atoms with van der Waals surface area (Å²) in [7, 11) is 0. The zero-order valence-corrected chi connectivity index (χ0v) is 14.7. The minimum absolute atomic E-state index is 0.0268. The molecule has 0 spiro atoms. The molecule has 124 valence electrons. The van der Waals surface area contributed by atoms with Gasteiger partial charge < -0.3 is 4.90 Å². The average Bonchev–Trinajstić information content (AvgIpc) is 2.84. The number of nitrogens with zero attached hydrogens (tertiary/aromatic N) is 3. The van der Waals surface area contributed by atoms with E-state index in [4.69, 9.17) is 5.26 Å². The maximum Gasteiger partial charge on any atom is 0.262 e. The first-order valence-electron chi connectivity index (χ1n) is 7.80. The Bertz CT molecular complexity index is 763.